The second-order valence-electron chi connectivity index (χ2n) is 5.89. The molecule has 2 amide bonds. The van der Waals surface area contributed by atoms with Crippen molar-refractivity contribution < 1.29 is 9.59 Å². The first-order valence-corrected chi connectivity index (χ1v) is 9.16. The minimum Gasteiger partial charge on any atom is -0.339 e. The Morgan fingerprint density at radius 3 is 2.82 bits per heavy atom. The van der Waals surface area contributed by atoms with Crippen LogP contribution in [0.2, 0.25) is 0 Å². The van der Waals surface area contributed by atoms with Crippen LogP contribution < -0.4 is 5.32 Å². The molecule has 0 bridgehead atoms. The quantitative estimate of drug-likeness (QED) is 0.821. The van der Waals surface area contributed by atoms with E-state index in [1.807, 2.05) is 11.9 Å². The lowest BCUT2D eigenvalue weighted by atomic mass is 10.0. The zero-order chi connectivity index (χ0) is 15.2. The van der Waals surface area contributed by atoms with Crippen molar-refractivity contribution in [2.45, 2.75) is 51.1 Å². The highest BCUT2D eigenvalue weighted by atomic mass is 35.5. The fourth-order valence-corrected chi connectivity index (χ4v) is 4.16. The summed E-state index contributed by atoms with van der Waals surface area (Å²) < 4.78 is 0. The Bertz CT molecular complexity index is 384. The van der Waals surface area contributed by atoms with Crippen molar-refractivity contribution in [2.75, 3.05) is 31.8 Å². The number of likely N-dealkylation sites (tertiary alicyclic amines) is 1. The van der Waals surface area contributed by atoms with Gasteiger partial charge in [0.05, 0.1) is 5.88 Å². The standard InChI is InChI=1S/C15H27N3O2S.ClH/c1-3-4-7-14(19)18-11-21-10-13(18)15(20)17-8-5-6-12(9-17)16-2;/h12-13,16H,3-11H2,1-2H3;1H. The van der Waals surface area contributed by atoms with Gasteiger partial charge in [-0.3, -0.25) is 9.59 Å². The Morgan fingerprint density at radius 1 is 1.36 bits per heavy atom. The zero-order valence-corrected chi connectivity index (χ0v) is 15.2. The van der Waals surface area contributed by atoms with Crippen molar-refractivity contribution in [3.05, 3.63) is 0 Å². The van der Waals surface area contributed by atoms with Crippen LogP contribution in [0.3, 0.4) is 0 Å². The molecule has 128 valence electrons. The number of amides is 2. The minimum atomic E-state index is -0.241. The molecule has 2 fully saturated rings. The van der Waals surface area contributed by atoms with Crippen molar-refractivity contribution >= 4 is 36.0 Å². The third-order valence-electron chi connectivity index (χ3n) is 4.37. The number of nitrogens with zero attached hydrogens (tertiary/aromatic N) is 2. The molecule has 0 spiro atoms. The smallest absolute Gasteiger partial charge is 0.246 e. The zero-order valence-electron chi connectivity index (χ0n) is 13.5. The second-order valence-corrected chi connectivity index (χ2v) is 6.89. The molecule has 22 heavy (non-hydrogen) atoms. The lowest BCUT2D eigenvalue weighted by molar-refractivity contribution is -0.144. The van der Waals surface area contributed by atoms with Crippen molar-refractivity contribution in [3.8, 4) is 0 Å². The van der Waals surface area contributed by atoms with Crippen LogP contribution in [0.4, 0.5) is 0 Å². The van der Waals surface area contributed by atoms with Crippen LogP contribution in [0, 0.1) is 0 Å². The van der Waals surface area contributed by atoms with E-state index < -0.39 is 0 Å². The van der Waals surface area contributed by atoms with Gasteiger partial charge in [0, 0.05) is 31.3 Å². The van der Waals surface area contributed by atoms with Crippen LogP contribution in [0.15, 0.2) is 0 Å². The van der Waals surface area contributed by atoms with Crippen LogP contribution in [-0.2, 0) is 9.59 Å². The van der Waals surface area contributed by atoms with Crippen molar-refractivity contribution in [1.29, 1.82) is 0 Å². The van der Waals surface area contributed by atoms with Gasteiger partial charge in [-0.2, -0.15) is 0 Å². The molecule has 0 aromatic carbocycles. The van der Waals surface area contributed by atoms with Crippen LogP contribution in [0.1, 0.15) is 39.0 Å². The maximum atomic E-state index is 12.7. The Labute approximate surface area is 144 Å². The van der Waals surface area contributed by atoms with Crippen molar-refractivity contribution in [1.82, 2.24) is 15.1 Å². The average Bonchev–Trinajstić information content (AvgIpc) is 3.01. The first kappa shape index (κ1) is 19.6. The Morgan fingerprint density at radius 2 is 2.14 bits per heavy atom. The maximum absolute atomic E-state index is 12.7. The summed E-state index contributed by atoms with van der Waals surface area (Å²) in [6, 6.07) is 0.149. The summed E-state index contributed by atoms with van der Waals surface area (Å²) >= 11 is 1.69. The van der Waals surface area contributed by atoms with Crippen LogP contribution >= 0.6 is 24.2 Å². The van der Waals surface area contributed by atoms with E-state index in [1.54, 1.807) is 16.7 Å². The van der Waals surface area contributed by atoms with E-state index in [1.165, 1.54) is 0 Å². The number of nitrogens with one attached hydrogen (secondary N) is 1. The molecule has 2 aliphatic rings. The van der Waals surface area contributed by atoms with E-state index in [4.69, 9.17) is 0 Å². The van der Waals surface area contributed by atoms with Gasteiger partial charge in [-0.25, -0.2) is 0 Å². The number of hydrogen-bond donors (Lipinski definition) is 1. The third kappa shape index (κ3) is 4.77. The van der Waals surface area contributed by atoms with Gasteiger partial charge in [0.25, 0.3) is 0 Å². The molecule has 2 aliphatic heterocycles. The van der Waals surface area contributed by atoms with Gasteiger partial charge in [-0.05, 0) is 26.3 Å². The fraction of sp³-hybridized carbons (Fsp3) is 0.867. The number of piperidine rings is 1. The van der Waals surface area contributed by atoms with E-state index in [-0.39, 0.29) is 30.3 Å². The molecule has 2 saturated heterocycles. The van der Waals surface area contributed by atoms with E-state index in [0.717, 1.165) is 44.5 Å². The molecule has 0 radical (unpaired) electrons. The van der Waals surface area contributed by atoms with Gasteiger partial charge >= 0.3 is 0 Å². The summed E-state index contributed by atoms with van der Waals surface area (Å²) in [5.74, 6) is 1.70. The summed E-state index contributed by atoms with van der Waals surface area (Å²) in [6.45, 7) is 3.68. The first-order valence-electron chi connectivity index (χ1n) is 8.00. The van der Waals surface area contributed by atoms with Gasteiger partial charge < -0.3 is 15.1 Å². The normalized spacial score (nSPS) is 25.0. The van der Waals surface area contributed by atoms with Crippen molar-refractivity contribution in [2.24, 2.45) is 0 Å². The lowest BCUT2D eigenvalue weighted by Crippen LogP contribution is -2.54. The SMILES string of the molecule is CCCCC(=O)N1CSCC1C(=O)N1CCCC(NC)C1.Cl. The van der Waals surface area contributed by atoms with Crippen LogP contribution in [-0.4, -0.2) is 65.5 Å². The first-order chi connectivity index (χ1) is 10.2. The molecular weight excluding hydrogens is 322 g/mol. The topological polar surface area (TPSA) is 52.7 Å². The van der Waals surface area contributed by atoms with E-state index in [0.29, 0.717) is 18.3 Å². The van der Waals surface area contributed by atoms with Gasteiger partial charge in [-0.1, -0.05) is 13.3 Å². The fourth-order valence-electron chi connectivity index (χ4n) is 2.99. The van der Waals surface area contributed by atoms with E-state index in [9.17, 15) is 9.59 Å². The Balaban J connectivity index is 0.00000242. The number of thioether (sulfide) groups is 1. The molecule has 2 rings (SSSR count). The minimum absolute atomic E-state index is 0. The number of unbranched alkanes of at least 4 members (excludes halogenated alkanes) is 1. The van der Waals surface area contributed by atoms with E-state index in [2.05, 4.69) is 12.2 Å². The summed E-state index contributed by atoms with van der Waals surface area (Å²) in [5.41, 5.74) is 0. The van der Waals surface area contributed by atoms with Gasteiger partial charge in [0.2, 0.25) is 11.8 Å². The number of likely N-dealkylation sites (N-methyl/N-ethyl adjacent to an activating group) is 1. The van der Waals surface area contributed by atoms with Crippen LogP contribution in [0.5, 0.6) is 0 Å². The average molecular weight is 350 g/mol. The molecule has 2 atom stereocenters. The Kier molecular flexibility index (Phi) is 8.57. The van der Waals surface area contributed by atoms with Crippen molar-refractivity contribution in [3.63, 3.8) is 0 Å². The summed E-state index contributed by atoms with van der Waals surface area (Å²) in [7, 11) is 1.95. The molecule has 1 N–H and O–H groups in total. The molecule has 5 nitrogen and oxygen atoms in total. The van der Waals surface area contributed by atoms with Gasteiger partial charge in [0.1, 0.15) is 6.04 Å². The monoisotopic (exact) mass is 349 g/mol. The molecule has 0 aromatic rings. The number of carbonyl (C=O) groups excluding carboxylic acids is 2. The number of carbonyl (C=O) groups is 2. The van der Waals surface area contributed by atoms with Gasteiger partial charge in [-0.15, -0.1) is 24.2 Å². The molecule has 2 heterocycles. The predicted molar refractivity (Wildman–Crippen MR) is 93.4 cm³/mol. The number of rotatable bonds is 5. The molecule has 0 aromatic heterocycles. The van der Waals surface area contributed by atoms with Gasteiger partial charge in [0.15, 0.2) is 0 Å². The molecule has 2 unspecified atom stereocenters. The van der Waals surface area contributed by atoms with Crippen LogP contribution in [0.25, 0.3) is 0 Å². The highest BCUT2D eigenvalue weighted by molar-refractivity contribution is 7.99. The predicted octanol–water partition coefficient (Wildman–Crippen LogP) is 1.71. The third-order valence-corrected chi connectivity index (χ3v) is 5.39. The number of hydrogen-bond acceptors (Lipinski definition) is 4. The molecule has 7 heteroatoms. The summed E-state index contributed by atoms with van der Waals surface area (Å²) in [4.78, 5) is 28.7. The Hall–Kier alpha value is -0.460. The summed E-state index contributed by atoms with van der Waals surface area (Å²) in [6.07, 6.45) is 4.66. The largest absolute Gasteiger partial charge is 0.339 e. The summed E-state index contributed by atoms with van der Waals surface area (Å²) in [5, 5.41) is 3.26. The molecule has 0 aliphatic carbocycles. The maximum Gasteiger partial charge on any atom is 0.246 e. The second kappa shape index (κ2) is 9.63. The number of halogens is 1. The molecule has 0 saturated carbocycles. The lowest BCUT2D eigenvalue weighted by Gasteiger charge is -2.35. The molecular formula is C15H28ClN3O2S. The highest BCUT2D eigenvalue weighted by Gasteiger charge is 2.37. The van der Waals surface area contributed by atoms with E-state index >= 15 is 0 Å². The highest BCUT2D eigenvalue weighted by Crippen LogP contribution is 2.25.